The van der Waals surface area contributed by atoms with E-state index in [1.807, 2.05) is 6.07 Å². The second kappa shape index (κ2) is 4.62. The van der Waals surface area contributed by atoms with Gasteiger partial charge in [-0.25, -0.2) is 4.39 Å². The molecule has 0 amide bonds. The Bertz CT molecular complexity index is 353. The maximum atomic E-state index is 13.3. The average Bonchev–Trinajstić information content (AvgIpc) is 2.60. The van der Waals surface area contributed by atoms with Gasteiger partial charge >= 0.3 is 0 Å². The van der Waals surface area contributed by atoms with Gasteiger partial charge in [-0.1, -0.05) is 18.6 Å². The summed E-state index contributed by atoms with van der Waals surface area (Å²) in [7, 11) is 0. The highest BCUT2D eigenvalue weighted by Gasteiger charge is 2.24. The van der Waals surface area contributed by atoms with E-state index in [1.165, 1.54) is 18.9 Å². The van der Waals surface area contributed by atoms with Gasteiger partial charge in [0.15, 0.2) is 0 Å². The van der Waals surface area contributed by atoms with Crippen molar-refractivity contribution in [3.63, 3.8) is 0 Å². The Hall–Kier alpha value is -0.410. The van der Waals surface area contributed by atoms with Crippen molar-refractivity contribution in [3.8, 4) is 0 Å². The van der Waals surface area contributed by atoms with Gasteiger partial charge < -0.3 is 5.73 Å². The zero-order valence-electron chi connectivity index (χ0n) is 8.55. The van der Waals surface area contributed by atoms with E-state index in [-0.39, 0.29) is 5.82 Å². The normalized spacial score (nSPS) is 25.8. The first-order chi connectivity index (χ1) is 7.18. The molecule has 1 aliphatic carbocycles. The largest absolute Gasteiger partial charge is 0.327 e. The van der Waals surface area contributed by atoms with Crippen LogP contribution in [-0.2, 0) is 6.42 Å². The molecule has 0 saturated heterocycles. The lowest BCUT2D eigenvalue weighted by Gasteiger charge is -2.16. The van der Waals surface area contributed by atoms with Crippen LogP contribution in [0.3, 0.4) is 0 Å². The molecule has 1 aromatic carbocycles. The van der Waals surface area contributed by atoms with Crippen LogP contribution in [0.15, 0.2) is 22.7 Å². The Morgan fingerprint density at radius 1 is 1.40 bits per heavy atom. The molecule has 82 valence electrons. The Morgan fingerprint density at radius 2 is 2.20 bits per heavy atom. The molecule has 0 aromatic heterocycles. The number of hydrogen-bond donors (Lipinski definition) is 1. The van der Waals surface area contributed by atoms with Gasteiger partial charge in [0.2, 0.25) is 0 Å². The number of nitrogens with two attached hydrogens (primary N) is 1. The molecule has 2 N–H and O–H groups in total. The molecule has 15 heavy (non-hydrogen) atoms. The zero-order chi connectivity index (χ0) is 10.8. The van der Waals surface area contributed by atoms with Crippen LogP contribution in [-0.4, -0.2) is 6.04 Å². The van der Waals surface area contributed by atoms with Crippen molar-refractivity contribution in [2.75, 3.05) is 0 Å². The molecular weight excluding hydrogens is 257 g/mol. The van der Waals surface area contributed by atoms with Crippen molar-refractivity contribution in [1.82, 2.24) is 0 Å². The van der Waals surface area contributed by atoms with Crippen LogP contribution in [0.4, 0.5) is 4.39 Å². The highest BCUT2D eigenvalue weighted by atomic mass is 79.9. The highest BCUT2D eigenvalue weighted by Crippen LogP contribution is 2.30. The molecule has 1 fully saturated rings. The van der Waals surface area contributed by atoms with E-state index >= 15 is 0 Å². The molecule has 2 rings (SSSR count). The van der Waals surface area contributed by atoms with Gasteiger partial charge in [-0.2, -0.15) is 0 Å². The molecule has 1 aliphatic rings. The van der Waals surface area contributed by atoms with E-state index in [0.29, 0.717) is 16.4 Å². The summed E-state index contributed by atoms with van der Waals surface area (Å²) in [5.74, 6) is 0.335. The fraction of sp³-hybridized carbons (Fsp3) is 0.500. The molecule has 2 atom stereocenters. The molecule has 0 aliphatic heterocycles. The van der Waals surface area contributed by atoms with Gasteiger partial charge in [-0.3, -0.25) is 0 Å². The fourth-order valence-corrected chi connectivity index (χ4v) is 2.73. The predicted octanol–water partition coefficient (Wildman–Crippen LogP) is 3.26. The molecule has 1 nitrogen and oxygen atoms in total. The summed E-state index contributed by atoms with van der Waals surface area (Å²) in [5.41, 5.74) is 7.05. The molecule has 1 saturated carbocycles. The lowest BCUT2D eigenvalue weighted by Crippen LogP contribution is -2.26. The van der Waals surface area contributed by atoms with Crippen LogP contribution in [0.25, 0.3) is 0 Å². The molecule has 0 heterocycles. The molecule has 2 unspecified atom stereocenters. The van der Waals surface area contributed by atoms with Gasteiger partial charge in [0.1, 0.15) is 5.82 Å². The van der Waals surface area contributed by atoms with E-state index in [2.05, 4.69) is 15.9 Å². The standard InChI is InChI=1S/C12H15BrFN/c13-12-9(4-1-5-10(12)14)7-8-3-2-6-11(8)15/h1,4-5,8,11H,2-3,6-7,15H2. The van der Waals surface area contributed by atoms with Crippen LogP contribution in [0.2, 0.25) is 0 Å². The number of rotatable bonds is 2. The summed E-state index contributed by atoms with van der Waals surface area (Å²) in [6.07, 6.45) is 4.37. The third-order valence-electron chi connectivity index (χ3n) is 3.23. The van der Waals surface area contributed by atoms with Crippen molar-refractivity contribution >= 4 is 15.9 Å². The lowest BCUT2D eigenvalue weighted by atomic mass is 9.95. The average molecular weight is 272 g/mol. The summed E-state index contributed by atoms with van der Waals surface area (Å²) in [6, 6.07) is 5.50. The van der Waals surface area contributed by atoms with Gasteiger partial charge in [-0.15, -0.1) is 0 Å². The van der Waals surface area contributed by atoms with Gasteiger partial charge in [-0.05, 0) is 52.7 Å². The second-order valence-electron chi connectivity index (χ2n) is 4.27. The van der Waals surface area contributed by atoms with Gasteiger partial charge in [0, 0.05) is 6.04 Å². The second-order valence-corrected chi connectivity index (χ2v) is 5.06. The minimum atomic E-state index is -0.181. The third kappa shape index (κ3) is 2.40. The van der Waals surface area contributed by atoms with Crippen molar-refractivity contribution in [3.05, 3.63) is 34.1 Å². The summed E-state index contributed by atoms with van der Waals surface area (Å²) in [5, 5.41) is 0. The van der Waals surface area contributed by atoms with Crippen molar-refractivity contribution in [1.29, 1.82) is 0 Å². The summed E-state index contributed by atoms with van der Waals surface area (Å²) in [6.45, 7) is 0. The number of halogens is 2. The first-order valence-corrected chi connectivity index (χ1v) is 6.16. The monoisotopic (exact) mass is 271 g/mol. The Labute approximate surface area is 98.0 Å². The predicted molar refractivity (Wildman–Crippen MR) is 63.1 cm³/mol. The van der Waals surface area contributed by atoms with Gasteiger partial charge in [0.25, 0.3) is 0 Å². The number of hydrogen-bond acceptors (Lipinski definition) is 1. The van der Waals surface area contributed by atoms with Crippen molar-refractivity contribution in [2.24, 2.45) is 11.7 Å². The quantitative estimate of drug-likeness (QED) is 0.878. The Balaban J connectivity index is 2.13. The fourth-order valence-electron chi connectivity index (χ4n) is 2.31. The van der Waals surface area contributed by atoms with Crippen LogP contribution < -0.4 is 5.73 Å². The molecule has 0 spiro atoms. The molecular formula is C12H15BrFN. The van der Waals surface area contributed by atoms with E-state index in [4.69, 9.17) is 5.73 Å². The summed E-state index contributed by atoms with van der Waals surface area (Å²) < 4.78 is 13.9. The first kappa shape index (κ1) is 11.1. The van der Waals surface area contributed by atoms with Crippen LogP contribution in [0, 0.1) is 11.7 Å². The molecule has 1 aromatic rings. The SMILES string of the molecule is NC1CCCC1Cc1cccc(F)c1Br. The molecule has 3 heteroatoms. The minimum absolute atomic E-state index is 0.181. The Kier molecular flexibility index (Phi) is 3.42. The number of benzene rings is 1. The topological polar surface area (TPSA) is 26.0 Å². The summed E-state index contributed by atoms with van der Waals surface area (Å²) in [4.78, 5) is 0. The summed E-state index contributed by atoms with van der Waals surface area (Å²) >= 11 is 3.29. The van der Waals surface area contributed by atoms with Crippen molar-refractivity contribution < 1.29 is 4.39 Å². The maximum Gasteiger partial charge on any atom is 0.137 e. The smallest absolute Gasteiger partial charge is 0.137 e. The van der Waals surface area contributed by atoms with E-state index in [9.17, 15) is 4.39 Å². The van der Waals surface area contributed by atoms with E-state index < -0.39 is 0 Å². The highest BCUT2D eigenvalue weighted by molar-refractivity contribution is 9.10. The van der Waals surface area contributed by atoms with E-state index in [1.54, 1.807) is 6.07 Å². The maximum absolute atomic E-state index is 13.3. The van der Waals surface area contributed by atoms with Crippen LogP contribution in [0.5, 0.6) is 0 Å². The molecule has 0 bridgehead atoms. The minimum Gasteiger partial charge on any atom is -0.327 e. The Morgan fingerprint density at radius 3 is 2.87 bits per heavy atom. The van der Waals surface area contributed by atoms with E-state index in [0.717, 1.165) is 18.4 Å². The van der Waals surface area contributed by atoms with Gasteiger partial charge in [0.05, 0.1) is 4.47 Å². The van der Waals surface area contributed by atoms with Crippen LogP contribution >= 0.6 is 15.9 Å². The zero-order valence-corrected chi connectivity index (χ0v) is 10.1. The van der Waals surface area contributed by atoms with Crippen molar-refractivity contribution in [2.45, 2.75) is 31.7 Å². The third-order valence-corrected chi connectivity index (χ3v) is 4.12. The van der Waals surface area contributed by atoms with Crippen LogP contribution in [0.1, 0.15) is 24.8 Å². The lowest BCUT2D eigenvalue weighted by molar-refractivity contribution is 0.476. The first-order valence-electron chi connectivity index (χ1n) is 5.37. The molecule has 0 radical (unpaired) electrons.